The lowest BCUT2D eigenvalue weighted by atomic mass is 10.0. The monoisotopic (exact) mass is 403 g/mol. The fourth-order valence-electron chi connectivity index (χ4n) is 6.21. The fraction of sp³-hybridized carbons (Fsp3) is 0.538. The lowest BCUT2D eigenvalue weighted by Crippen LogP contribution is -2.40. The molecule has 3 heterocycles. The highest BCUT2D eigenvalue weighted by Gasteiger charge is 2.44. The third kappa shape index (κ3) is 3.40. The Balaban J connectivity index is 1.26. The van der Waals surface area contributed by atoms with E-state index in [-0.39, 0.29) is 6.10 Å². The number of ether oxygens (including phenoxy) is 1. The number of hydrogen-bond acceptors (Lipinski definition) is 4. The van der Waals surface area contributed by atoms with E-state index in [0.717, 1.165) is 24.0 Å². The van der Waals surface area contributed by atoms with Crippen LogP contribution in [0.3, 0.4) is 0 Å². The number of fused-ring (bicyclic) bond motifs is 2. The van der Waals surface area contributed by atoms with Crippen LogP contribution in [0.25, 0.3) is 0 Å². The van der Waals surface area contributed by atoms with E-state index in [1.54, 1.807) is 0 Å². The van der Waals surface area contributed by atoms with Crippen LogP contribution < -0.4 is 15.0 Å². The number of nitrogens with one attached hydrogen (secondary N) is 1. The average Bonchev–Trinajstić information content (AvgIpc) is 3.48. The molecule has 0 saturated carbocycles. The summed E-state index contributed by atoms with van der Waals surface area (Å²) in [6, 6.07) is 18.2. The number of hydrogen-bond donors (Lipinski definition) is 1. The summed E-state index contributed by atoms with van der Waals surface area (Å²) in [7, 11) is 0. The van der Waals surface area contributed by atoms with E-state index in [1.807, 2.05) is 0 Å². The zero-order chi connectivity index (χ0) is 19.9. The Hall–Kier alpha value is -2.04. The second kappa shape index (κ2) is 7.90. The van der Waals surface area contributed by atoms with Crippen LogP contribution in [0.4, 0.5) is 5.69 Å². The highest BCUT2D eigenvalue weighted by molar-refractivity contribution is 5.51. The fourth-order valence-corrected chi connectivity index (χ4v) is 6.21. The zero-order valence-corrected chi connectivity index (χ0v) is 17.8. The molecule has 3 aliphatic heterocycles. The number of piperidine rings is 1. The molecule has 0 aromatic heterocycles. The summed E-state index contributed by atoms with van der Waals surface area (Å²) in [6.45, 7) is 7.13. The molecule has 1 N–H and O–H groups in total. The molecule has 2 aromatic carbocycles. The minimum absolute atomic E-state index is 0.129. The van der Waals surface area contributed by atoms with Crippen LogP contribution in [0, 0.1) is 11.8 Å². The van der Waals surface area contributed by atoms with Gasteiger partial charge in [0, 0.05) is 37.9 Å². The van der Waals surface area contributed by atoms with E-state index in [2.05, 4.69) is 63.6 Å². The molecule has 0 radical (unpaired) electrons. The van der Waals surface area contributed by atoms with Crippen molar-refractivity contribution in [3.05, 3.63) is 59.7 Å². The highest BCUT2D eigenvalue weighted by atomic mass is 16.5. The van der Waals surface area contributed by atoms with Gasteiger partial charge in [0.15, 0.2) is 0 Å². The van der Waals surface area contributed by atoms with Gasteiger partial charge in [0.05, 0.1) is 6.04 Å². The molecule has 0 amide bonds. The first-order valence-corrected chi connectivity index (χ1v) is 11.9. The number of likely N-dealkylation sites (tertiary alicyclic amines) is 1. The number of nitrogens with zero attached hydrogens (tertiary/aromatic N) is 2. The SMILES string of the molecule is c1cc(O[C@@H]2c3ccccc3C[C@H]2N2C[C@H]3CNC[C@H]3C2)cc(N2CCCCC2)c1. The third-order valence-corrected chi connectivity index (χ3v) is 7.83. The van der Waals surface area contributed by atoms with E-state index >= 15 is 0 Å². The molecule has 2 aromatic rings. The Labute approximate surface area is 180 Å². The van der Waals surface area contributed by atoms with Crippen LogP contribution >= 0.6 is 0 Å². The first-order valence-electron chi connectivity index (χ1n) is 11.9. The minimum atomic E-state index is 0.129. The number of benzene rings is 2. The molecule has 0 unspecified atom stereocenters. The maximum absolute atomic E-state index is 6.80. The van der Waals surface area contributed by atoms with Crippen molar-refractivity contribution in [2.45, 2.75) is 37.8 Å². The van der Waals surface area contributed by atoms with Gasteiger partial charge in [-0.1, -0.05) is 30.3 Å². The quantitative estimate of drug-likeness (QED) is 0.839. The molecule has 3 fully saturated rings. The van der Waals surface area contributed by atoms with Gasteiger partial charge in [0.2, 0.25) is 0 Å². The molecule has 4 nitrogen and oxygen atoms in total. The zero-order valence-electron chi connectivity index (χ0n) is 17.8. The molecule has 4 atom stereocenters. The molecule has 4 heteroatoms. The van der Waals surface area contributed by atoms with Crippen molar-refractivity contribution < 1.29 is 4.74 Å². The predicted octanol–water partition coefficient (Wildman–Crippen LogP) is 3.87. The molecule has 30 heavy (non-hydrogen) atoms. The highest BCUT2D eigenvalue weighted by Crippen LogP contribution is 2.41. The maximum Gasteiger partial charge on any atom is 0.140 e. The Kier molecular flexibility index (Phi) is 4.93. The first-order chi connectivity index (χ1) is 14.8. The van der Waals surface area contributed by atoms with E-state index in [4.69, 9.17) is 4.74 Å². The summed E-state index contributed by atoms with van der Waals surface area (Å²) in [5.74, 6) is 2.65. The van der Waals surface area contributed by atoms with Crippen LogP contribution in [0.5, 0.6) is 5.75 Å². The van der Waals surface area contributed by atoms with Crippen LogP contribution in [0.15, 0.2) is 48.5 Å². The molecule has 1 aliphatic carbocycles. The van der Waals surface area contributed by atoms with Crippen molar-refractivity contribution in [3.8, 4) is 5.75 Å². The van der Waals surface area contributed by atoms with Crippen molar-refractivity contribution in [1.82, 2.24) is 10.2 Å². The van der Waals surface area contributed by atoms with E-state index in [0.29, 0.717) is 6.04 Å². The normalized spacial score (nSPS) is 31.0. The van der Waals surface area contributed by atoms with E-state index < -0.39 is 0 Å². The van der Waals surface area contributed by atoms with Crippen molar-refractivity contribution in [2.75, 3.05) is 44.2 Å². The van der Waals surface area contributed by atoms with Gasteiger partial charge in [-0.3, -0.25) is 4.90 Å². The third-order valence-electron chi connectivity index (χ3n) is 7.83. The summed E-state index contributed by atoms with van der Waals surface area (Å²) in [5, 5.41) is 3.58. The molecular weight excluding hydrogens is 370 g/mol. The lowest BCUT2D eigenvalue weighted by molar-refractivity contribution is 0.0890. The van der Waals surface area contributed by atoms with E-state index in [9.17, 15) is 0 Å². The molecule has 0 spiro atoms. The Morgan fingerprint density at radius 3 is 2.50 bits per heavy atom. The smallest absolute Gasteiger partial charge is 0.140 e. The number of rotatable bonds is 4. The summed E-state index contributed by atoms with van der Waals surface area (Å²) in [5.41, 5.74) is 4.17. The Bertz CT molecular complexity index is 881. The van der Waals surface area contributed by atoms with Crippen LogP contribution in [0.2, 0.25) is 0 Å². The van der Waals surface area contributed by atoms with Crippen molar-refractivity contribution >= 4 is 5.69 Å². The van der Waals surface area contributed by atoms with Crippen molar-refractivity contribution in [1.29, 1.82) is 0 Å². The second-order valence-corrected chi connectivity index (χ2v) is 9.69. The summed E-state index contributed by atoms with van der Waals surface area (Å²) < 4.78 is 6.80. The van der Waals surface area contributed by atoms with Gasteiger partial charge >= 0.3 is 0 Å². The van der Waals surface area contributed by atoms with Gasteiger partial charge in [-0.15, -0.1) is 0 Å². The van der Waals surface area contributed by atoms with Crippen LogP contribution in [-0.4, -0.2) is 50.2 Å². The van der Waals surface area contributed by atoms with Gasteiger partial charge in [-0.2, -0.15) is 0 Å². The van der Waals surface area contributed by atoms with E-state index in [1.165, 1.54) is 75.3 Å². The molecule has 3 saturated heterocycles. The molecule has 0 bridgehead atoms. The van der Waals surface area contributed by atoms with Gasteiger partial charge in [-0.25, -0.2) is 0 Å². The predicted molar refractivity (Wildman–Crippen MR) is 121 cm³/mol. The first kappa shape index (κ1) is 18.7. The van der Waals surface area contributed by atoms with Gasteiger partial charge in [-0.05, 0) is 73.9 Å². The number of anilines is 1. The summed E-state index contributed by atoms with van der Waals surface area (Å²) >= 11 is 0. The molecular formula is C26H33N3O. The largest absolute Gasteiger partial charge is 0.484 e. The molecule has 4 aliphatic rings. The topological polar surface area (TPSA) is 27.7 Å². The Morgan fingerprint density at radius 1 is 0.867 bits per heavy atom. The van der Waals surface area contributed by atoms with Crippen LogP contribution in [-0.2, 0) is 6.42 Å². The summed E-state index contributed by atoms with van der Waals surface area (Å²) in [4.78, 5) is 5.25. The molecule has 6 rings (SSSR count). The Morgan fingerprint density at radius 2 is 1.67 bits per heavy atom. The van der Waals surface area contributed by atoms with Crippen molar-refractivity contribution in [3.63, 3.8) is 0 Å². The van der Waals surface area contributed by atoms with Gasteiger partial charge < -0.3 is 15.0 Å². The summed E-state index contributed by atoms with van der Waals surface area (Å²) in [6.07, 6.45) is 5.20. The minimum Gasteiger partial charge on any atom is -0.484 e. The molecule has 158 valence electrons. The average molecular weight is 404 g/mol. The van der Waals surface area contributed by atoms with Gasteiger partial charge in [0.1, 0.15) is 11.9 Å². The lowest BCUT2D eigenvalue weighted by Gasteiger charge is -2.32. The van der Waals surface area contributed by atoms with Crippen molar-refractivity contribution in [2.24, 2.45) is 11.8 Å². The second-order valence-electron chi connectivity index (χ2n) is 9.69. The maximum atomic E-state index is 6.80. The van der Waals surface area contributed by atoms with Gasteiger partial charge in [0.25, 0.3) is 0 Å². The standard InChI is InChI=1S/C26H33N3O/c1-4-11-28(12-5-1)22-8-6-9-23(14-22)30-26-24-10-3-2-7-19(24)13-25(26)29-17-20-15-27-16-21(20)18-29/h2-3,6-10,14,20-21,25-27H,1,4-5,11-13,15-18H2/t20-,21+,25-,26-/m1/s1. The van der Waals surface area contributed by atoms with Crippen LogP contribution in [0.1, 0.15) is 36.5 Å².